The van der Waals surface area contributed by atoms with Crippen molar-refractivity contribution in [1.29, 1.82) is 0 Å². The molecule has 0 saturated carbocycles. The Morgan fingerprint density at radius 3 is 2.94 bits per heavy atom. The summed E-state index contributed by atoms with van der Waals surface area (Å²) in [5.74, 6) is 0.585. The van der Waals surface area contributed by atoms with Gasteiger partial charge in [-0.1, -0.05) is 0 Å². The number of methoxy groups -OCH3 is 1. The maximum absolute atomic E-state index is 11.8. The van der Waals surface area contributed by atoms with Crippen LogP contribution in [0, 0.1) is 0 Å². The number of amides is 1. The predicted octanol–water partition coefficient (Wildman–Crippen LogP) is 1.37. The van der Waals surface area contributed by atoms with Crippen molar-refractivity contribution in [3.63, 3.8) is 0 Å². The molecule has 5 nitrogen and oxygen atoms in total. The fourth-order valence-corrected chi connectivity index (χ4v) is 1.41. The van der Waals surface area contributed by atoms with Crippen molar-refractivity contribution >= 4 is 11.6 Å². The van der Waals surface area contributed by atoms with Gasteiger partial charge in [-0.3, -0.25) is 4.79 Å². The number of nitrogens with zero attached hydrogens (tertiary/aromatic N) is 2. The van der Waals surface area contributed by atoms with Crippen molar-refractivity contribution in [2.24, 2.45) is 0 Å². The second-order valence-corrected chi connectivity index (χ2v) is 3.81. The van der Waals surface area contributed by atoms with Crippen LogP contribution in [0.5, 0.6) is 5.88 Å². The molecule has 1 atom stereocenters. The first kappa shape index (κ1) is 13.3. The number of anilines is 1. The highest BCUT2D eigenvalue weighted by Gasteiger charge is 2.15. The number of nitrogens with one attached hydrogen (secondary N) is 1. The number of hydrogen-bond donors (Lipinski definition) is 1. The van der Waals surface area contributed by atoms with Crippen molar-refractivity contribution in [2.75, 3.05) is 26.0 Å². The first-order chi connectivity index (χ1) is 8.08. The highest BCUT2D eigenvalue weighted by molar-refractivity contribution is 5.84. The lowest BCUT2D eigenvalue weighted by atomic mass is 10.2. The van der Waals surface area contributed by atoms with E-state index in [0.29, 0.717) is 12.4 Å². The first-order valence-corrected chi connectivity index (χ1v) is 5.60. The van der Waals surface area contributed by atoms with Gasteiger partial charge in [-0.25, -0.2) is 4.98 Å². The lowest BCUT2D eigenvalue weighted by Gasteiger charge is -2.21. The van der Waals surface area contributed by atoms with Gasteiger partial charge in [0.05, 0.1) is 7.11 Å². The van der Waals surface area contributed by atoms with Gasteiger partial charge in [0.15, 0.2) is 0 Å². The third-order valence-corrected chi connectivity index (χ3v) is 2.55. The van der Waals surface area contributed by atoms with Gasteiger partial charge in [0.1, 0.15) is 6.04 Å². The summed E-state index contributed by atoms with van der Waals surface area (Å²) >= 11 is 0. The number of likely N-dealkylation sites (N-methyl/N-ethyl adjacent to an activating group) is 1. The SMILES string of the molecule is CCN(C)C(=O)C(C)Nc1ccnc(OC)c1. The summed E-state index contributed by atoms with van der Waals surface area (Å²) < 4.78 is 5.02. The van der Waals surface area contributed by atoms with Crippen LogP contribution in [0.4, 0.5) is 5.69 Å². The molecule has 0 saturated heterocycles. The van der Waals surface area contributed by atoms with E-state index in [1.165, 1.54) is 0 Å². The van der Waals surface area contributed by atoms with Crippen LogP contribution < -0.4 is 10.1 Å². The van der Waals surface area contributed by atoms with E-state index in [1.54, 1.807) is 37.4 Å². The molecule has 0 aliphatic rings. The maximum Gasteiger partial charge on any atom is 0.244 e. The molecule has 1 aromatic rings. The molecule has 17 heavy (non-hydrogen) atoms. The quantitative estimate of drug-likeness (QED) is 0.840. The van der Waals surface area contributed by atoms with Crippen LogP contribution in [0.1, 0.15) is 13.8 Å². The van der Waals surface area contributed by atoms with Crippen LogP contribution in [0.2, 0.25) is 0 Å². The molecule has 0 spiro atoms. The number of carbonyl (C=O) groups excluding carboxylic acids is 1. The molecule has 1 heterocycles. The van der Waals surface area contributed by atoms with Gasteiger partial charge < -0.3 is 15.0 Å². The molecule has 5 heteroatoms. The minimum Gasteiger partial charge on any atom is -0.481 e. The van der Waals surface area contributed by atoms with Gasteiger partial charge in [-0.2, -0.15) is 0 Å². The average Bonchev–Trinajstić information content (AvgIpc) is 2.37. The van der Waals surface area contributed by atoms with Gasteiger partial charge in [-0.15, -0.1) is 0 Å². The zero-order valence-electron chi connectivity index (χ0n) is 10.7. The summed E-state index contributed by atoms with van der Waals surface area (Å²) in [6.07, 6.45) is 1.64. The molecule has 1 aromatic heterocycles. The summed E-state index contributed by atoms with van der Waals surface area (Å²) in [7, 11) is 3.35. The number of carbonyl (C=O) groups is 1. The van der Waals surface area contributed by atoms with Gasteiger partial charge >= 0.3 is 0 Å². The van der Waals surface area contributed by atoms with Gasteiger partial charge in [0.25, 0.3) is 0 Å². The molecule has 0 aliphatic carbocycles. The van der Waals surface area contributed by atoms with E-state index in [2.05, 4.69) is 10.3 Å². The monoisotopic (exact) mass is 237 g/mol. The van der Waals surface area contributed by atoms with Crippen molar-refractivity contribution in [2.45, 2.75) is 19.9 Å². The molecule has 0 radical (unpaired) electrons. The van der Waals surface area contributed by atoms with Crippen molar-refractivity contribution < 1.29 is 9.53 Å². The van der Waals surface area contributed by atoms with Crippen LogP contribution in [0.25, 0.3) is 0 Å². The zero-order valence-corrected chi connectivity index (χ0v) is 10.7. The predicted molar refractivity (Wildman–Crippen MR) is 67.2 cm³/mol. The summed E-state index contributed by atoms with van der Waals surface area (Å²) in [6, 6.07) is 3.29. The van der Waals surface area contributed by atoms with Crippen molar-refractivity contribution in [3.8, 4) is 5.88 Å². The number of hydrogen-bond acceptors (Lipinski definition) is 4. The topological polar surface area (TPSA) is 54.5 Å². The van der Waals surface area contributed by atoms with Crippen molar-refractivity contribution in [1.82, 2.24) is 9.88 Å². The Hall–Kier alpha value is -1.78. The molecule has 0 fully saturated rings. The van der Waals surface area contributed by atoms with E-state index in [1.807, 2.05) is 13.8 Å². The fraction of sp³-hybridized carbons (Fsp3) is 0.500. The second-order valence-electron chi connectivity index (χ2n) is 3.81. The average molecular weight is 237 g/mol. The van der Waals surface area contributed by atoms with E-state index in [4.69, 9.17) is 4.74 Å². The molecule has 1 rings (SSSR count). The molecule has 0 aromatic carbocycles. The largest absolute Gasteiger partial charge is 0.481 e. The maximum atomic E-state index is 11.8. The van der Waals surface area contributed by atoms with Crippen LogP contribution in [-0.4, -0.2) is 42.5 Å². The highest BCUT2D eigenvalue weighted by atomic mass is 16.5. The molecule has 1 amide bonds. The minimum absolute atomic E-state index is 0.0586. The third kappa shape index (κ3) is 3.62. The Morgan fingerprint density at radius 1 is 1.65 bits per heavy atom. The molecule has 0 aliphatic heterocycles. The molecular weight excluding hydrogens is 218 g/mol. The number of rotatable bonds is 5. The molecule has 94 valence electrons. The van der Waals surface area contributed by atoms with Crippen LogP contribution in [0.3, 0.4) is 0 Å². The molecule has 0 bridgehead atoms. The Morgan fingerprint density at radius 2 is 2.35 bits per heavy atom. The smallest absolute Gasteiger partial charge is 0.244 e. The molecule has 1 N–H and O–H groups in total. The number of pyridine rings is 1. The Bertz CT molecular complexity index is 382. The molecule has 1 unspecified atom stereocenters. The van der Waals surface area contributed by atoms with E-state index < -0.39 is 0 Å². The fourth-order valence-electron chi connectivity index (χ4n) is 1.41. The van der Waals surface area contributed by atoms with Crippen LogP contribution >= 0.6 is 0 Å². The van der Waals surface area contributed by atoms with Gasteiger partial charge in [-0.05, 0) is 19.9 Å². The Kier molecular flexibility index (Phi) is 4.75. The van der Waals surface area contributed by atoms with E-state index in [0.717, 1.165) is 5.69 Å². The van der Waals surface area contributed by atoms with Gasteiger partial charge in [0.2, 0.25) is 11.8 Å². The summed E-state index contributed by atoms with van der Waals surface area (Å²) in [4.78, 5) is 17.5. The van der Waals surface area contributed by atoms with Crippen LogP contribution in [0.15, 0.2) is 18.3 Å². The van der Waals surface area contributed by atoms with Gasteiger partial charge in [0, 0.05) is 31.5 Å². The Balaban J connectivity index is 2.67. The lowest BCUT2D eigenvalue weighted by molar-refractivity contribution is -0.130. The van der Waals surface area contributed by atoms with Crippen molar-refractivity contribution in [3.05, 3.63) is 18.3 Å². The Labute approximate surface area is 102 Å². The molecular formula is C12H19N3O2. The third-order valence-electron chi connectivity index (χ3n) is 2.55. The first-order valence-electron chi connectivity index (χ1n) is 5.60. The second kappa shape index (κ2) is 6.08. The minimum atomic E-state index is -0.271. The summed E-state index contributed by atoms with van der Waals surface area (Å²) in [6.45, 7) is 4.48. The standard InChI is InChI=1S/C12H19N3O2/c1-5-15(3)12(16)9(2)14-10-6-7-13-11(8-10)17-4/h6-9H,5H2,1-4H3,(H,13,14). The lowest BCUT2D eigenvalue weighted by Crippen LogP contribution is -2.38. The summed E-state index contributed by atoms with van der Waals surface area (Å²) in [5, 5.41) is 3.12. The van der Waals surface area contributed by atoms with E-state index in [9.17, 15) is 4.79 Å². The van der Waals surface area contributed by atoms with Crippen LogP contribution in [-0.2, 0) is 4.79 Å². The number of aromatic nitrogens is 1. The van der Waals surface area contributed by atoms with E-state index >= 15 is 0 Å². The van der Waals surface area contributed by atoms with E-state index in [-0.39, 0.29) is 11.9 Å². The highest BCUT2D eigenvalue weighted by Crippen LogP contribution is 2.14. The number of ether oxygens (including phenoxy) is 1. The zero-order chi connectivity index (χ0) is 12.8. The normalized spacial score (nSPS) is 11.8. The summed E-state index contributed by atoms with van der Waals surface area (Å²) in [5.41, 5.74) is 0.821.